The summed E-state index contributed by atoms with van der Waals surface area (Å²) in [4.78, 5) is 16.4. The van der Waals surface area contributed by atoms with Crippen molar-refractivity contribution in [2.24, 2.45) is 0 Å². The van der Waals surface area contributed by atoms with Crippen LogP contribution in [0.5, 0.6) is 0 Å². The maximum Gasteiger partial charge on any atom is 0.232 e. The summed E-state index contributed by atoms with van der Waals surface area (Å²) in [5, 5.41) is 3.10. The van der Waals surface area contributed by atoms with Gasteiger partial charge in [0.15, 0.2) is 0 Å². The second-order valence-corrected chi connectivity index (χ2v) is 8.75. The van der Waals surface area contributed by atoms with E-state index < -0.39 is 10.0 Å². The number of alkyl halides is 1. The van der Waals surface area contributed by atoms with E-state index in [4.69, 9.17) is 23.2 Å². The summed E-state index contributed by atoms with van der Waals surface area (Å²) in [6, 6.07) is 3.40. The van der Waals surface area contributed by atoms with Crippen LogP contribution in [-0.2, 0) is 10.0 Å². The summed E-state index contributed by atoms with van der Waals surface area (Å²) in [5.41, 5.74) is 1.64. The fourth-order valence-corrected chi connectivity index (χ4v) is 4.12. The maximum absolute atomic E-state index is 12.4. The summed E-state index contributed by atoms with van der Waals surface area (Å²) in [6.07, 6.45) is 4.83. The molecule has 1 aromatic carbocycles. The van der Waals surface area contributed by atoms with Gasteiger partial charge in [-0.15, -0.1) is 11.6 Å². The lowest BCUT2D eigenvalue weighted by Crippen LogP contribution is -2.18. The molecule has 0 aliphatic rings. The number of nitrogens with zero attached hydrogens (tertiary/aromatic N) is 4. The quantitative estimate of drug-likeness (QED) is 0.380. The molecule has 0 unspecified atom stereocenters. The van der Waals surface area contributed by atoms with Gasteiger partial charge >= 0.3 is 0 Å². The molecule has 8 nitrogen and oxygen atoms in total. The second-order valence-electron chi connectivity index (χ2n) is 5.34. The van der Waals surface area contributed by atoms with E-state index in [1.54, 1.807) is 12.1 Å². The van der Waals surface area contributed by atoms with E-state index in [9.17, 15) is 8.42 Å². The molecule has 0 atom stereocenters. The number of rotatable bonds is 7. The van der Waals surface area contributed by atoms with Crippen LogP contribution >= 0.6 is 39.1 Å². The molecule has 142 valence electrons. The normalized spacial score (nSPS) is 11.5. The zero-order chi connectivity index (χ0) is 19.4. The largest absolute Gasteiger partial charge is 0.337 e. The van der Waals surface area contributed by atoms with Crippen LogP contribution in [0.2, 0.25) is 5.28 Å². The zero-order valence-electron chi connectivity index (χ0n) is 13.7. The lowest BCUT2D eigenvalue weighted by Gasteiger charge is -2.16. The van der Waals surface area contributed by atoms with Crippen molar-refractivity contribution in [2.75, 3.05) is 21.7 Å². The van der Waals surface area contributed by atoms with Crippen LogP contribution in [0.3, 0.4) is 0 Å². The van der Waals surface area contributed by atoms with Gasteiger partial charge in [-0.2, -0.15) is 4.98 Å². The highest BCUT2D eigenvalue weighted by molar-refractivity contribution is 9.10. The van der Waals surface area contributed by atoms with Gasteiger partial charge in [0, 0.05) is 24.5 Å². The van der Waals surface area contributed by atoms with Crippen molar-refractivity contribution in [1.82, 2.24) is 19.9 Å². The Labute approximate surface area is 173 Å². The second kappa shape index (κ2) is 8.51. The Bertz CT molecular complexity index is 1080. The molecule has 2 N–H and O–H groups in total. The van der Waals surface area contributed by atoms with Crippen LogP contribution < -0.4 is 10.0 Å². The molecule has 0 saturated carbocycles. The van der Waals surface area contributed by atoms with E-state index in [0.29, 0.717) is 33.4 Å². The van der Waals surface area contributed by atoms with Crippen LogP contribution in [0, 0.1) is 0 Å². The molecule has 0 bridgehead atoms. The summed E-state index contributed by atoms with van der Waals surface area (Å²) < 4.78 is 28.0. The predicted molar refractivity (Wildman–Crippen MR) is 110 cm³/mol. The van der Waals surface area contributed by atoms with Crippen LogP contribution in [0.15, 0.2) is 35.2 Å². The monoisotopic (exact) mass is 490 g/mol. The molecule has 12 heteroatoms. The molecule has 0 aliphatic carbocycles. The molecule has 0 fully saturated rings. The number of hydrogen-bond donors (Lipinski definition) is 2. The van der Waals surface area contributed by atoms with Crippen molar-refractivity contribution in [1.29, 1.82) is 0 Å². The Hall–Kier alpha value is -1.75. The molecule has 0 saturated heterocycles. The van der Waals surface area contributed by atoms with Crippen molar-refractivity contribution < 1.29 is 8.42 Å². The van der Waals surface area contributed by atoms with Crippen molar-refractivity contribution in [2.45, 2.75) is 6.42 Å². The lowest BCUT2D eigenvalue weighted by molar-refractivity contribution is 0.600. The molecule has 2 aromatic heterocycles. The van der Waals surface area contributed by atoms with E-state index in [1.165, 1.54) is 18.6 Å². The van der Waals surface area contributed by atoms with Crippen molar-refractivity contribution in [3.05, 3.63) is 40.5 Å². The topological polar surface area (TPSA) is 110 Å². The molecule has 3 rings (SSSR count). The zero-order valence-corrected chi connectivity index (χ0v) is 17.6. The first-order chi connectivity index (χ1) is 12.9. The van der Waals surface area contributed by atoms with Gasteiger partial charge in [-0.1, -0.05) is 0 Å². The van der Waals surface area contributed by atoms with Crippen molar-refractivity contribution in [3.8, 4) is 0 Å². The third kappa shape index (κ3) is 4.95. The SMILES string of the molecule is O=S(=O)(CCCCl)Nc1c(Nc2nc(Cl)ncc2Br)ccc2nccnc12. The fraction of sp³-hybridized carbons (Fsp3) is 0.200. The molecule has 27 heavy (non-hydrogen) atoms. The Morgan fingerprint density at radius 1 is 1.15 bits per heavy atom. The van der Waals surface area contributed by atoms with E-state index in [2.05, 4.69) is 45.9 Å². The van der Waals surface area contributed by atoms with Crippen molar-refractivity contribution >= 4 is 77.4 Å². The lowest BCUT2D eigenvalue weighted by atomic mass is 10.2. The minimum Gasteiger partial charge on any atom is -0.337 e. The van der Waals surface area contributed by atoms with Gasteiger partial charge in [-0.3, -0.25) is 14.7 Å². The minimum atomic E-state index is -3.63. The highest BCUT2D eigenvalue weighted by Crippen LogP contribution is 2.34. The number of benzene rings is 1. The van der Waals surface area contributed by atoms with Gasteiger partial charge in [-0.25, -0.2) is 13.4 Å². The van der Waals surface area contributed by atoms with Crippen LogP contribution in [0.1, 0.15) is 6.42 Å². The van der Waals surface area contributed by atoms with Crippen LogP contribution in [-0.4, -0.2) is 40.0 Å². The third-order valence-corrected chi connectivity index (χ3v) is 5.78. The van der Waals surface area contributed by atoms with Gasteiger partial charge < -0.3 is 5.32 Å². The fourth-order valence-electron chi connectivity index (χ4n) is 2.26. The number of aromatic nitrogens is 4. The first kappa shape index (κ1) is 20.0. The van der Waals surface area contributed by atoms with E-state index in [0.717, 1.165) is 0 Å². The summed E-state index contributed by atoms with van der Waals surface area (Å²) in [6.45, 7) is 0. The number of anilines is 3. The molecule has 0 aliphatic heterocycles. The Morgan fingerprint density at radius 3 is 2.70 bits per heavy atom. The van der Waals surface area contributed by atoms with Gasteiger partial charge in [0.25, 0.3) is 0 Å². The summed E-state index contributed by atoms with van der Waals surface area (Å²) in [5.74, 6) is 0.503. The average molecular weight is 492 g/mol. The van der Waals surface area contributed by atoms with E-state index in [-0.39, 0.29) is 22.6 Å². The summed E-state index contributed by atoms with van der Waals surface area (Å²) >= 11 is 14.8. The maximum atomic E-state index is 12.4. The highest BCUT2D eigenvalue weighted by atomic mass is 79.9. The van der Waals surface area contributed by atoms with Crippen LogP contribution in [0.25, 0.3) is 11.0 Å². The van der Waals surface area contributed by atoms with Gasteiger partial charge in [0.1, 0.15) is 11.3 Å². The molecule has 0 amide bonds. The average Bonchev–Trinajstić information content (AvgIpc) is 2.65. The summed E-state index contributed by atoms with van der Waals surface area (Å²) in [7, 11) is -3.63. The molecular weight excluding hydrogens is 479 g/mol. The number of sulfonamides is 1. The van der Waals surface area contributed by atoms with Gasteiger partial charge in [0.2, 0.25) is 15.3 Å². The first-order valence-electron chi connectivity index (χ1n) is 7.65. The highest BCUT2D eigenvalue weighted by Gasteiger charge is 2.18. The Balaban J connectivity index is 2.08. The molecule has 0 spiro atoms. The number of halogens is 3. The Kier molecular flexibility index (Phi) is 6.30. The number of hydrogen-bond acceptors (Lipinski definition) is 7. The van der Waals surface area contributed by atoms with Gasteiger partial charge in [-0.05, 0) is 46.1 Å². The van der Waals surface area contributed by atoms with E-state index >= 15 is 0 Å². The van der Waals surface area contributed by atoms with Crippen molar-refractivity contribution in [3.63, 3.8) is 0 Å². The van der Waals surface area contributed by atoms with Gasteiger partial charge in [0.05, 0.1) is 27.1 Å². The number of nitrogens with one attached hydrogen (secondary N) is 2. The van der Waals surface area contributed by atoms with E-state index in [1.807, 2.05) is 0 Å². The minimum absolute atomic E-state index is 0.0468. The molecule has 2 heterocycles. The standard InChI is InChI=1S/C15H13BrCl2N6O2S/c16-9-8-21-15(18)23-14(9)22-11-3-2-10-12(20-6-5-19-10)13(11)24-27(25,26)7-1-4-17/h2-3,5-6,8,24H,1,4,7H2,(H,21,22,23). The van der Waals surface area contributed by atoms with Crippen LogP contribution in [0.4, 0.5) is 17.2 Å². The smallest absolute Gasteiger partial charge is 0.232 e. The first-order valence-corrected chi connectivity index (χ1v) is 11.0. The molecule has 3 aromatic rings. The Morgan fingerprint density at radius 2 is 1.93 bits per heavy atom. The predicted octanol–water partition coefficient (Wildman–Crippen LogP) is 3.95. The molecule has 0 radical (unpaired) electrons. The third-order valence-electron chi connectivity index (χ3n) is 3.41. The molecular formula is C15H13BrCl2N6O2S. The number of fused-ring (bicyclic) bond motifs is 1.